The zero-order chi connectivity index (χ0) is 17.9. The van der Waals surface area contributed by atoms with Crippen molar-refractivity contribution in [1.82, 2.24) is 5.16 Å². The minimum Gasteiger partial charge on any atom is -0.497 e. The van der Waals surface area contributed by atoms with Gasteiger partial charge in [0.15, 0.2) is 5.69 Å². The lowest BCUT2D eigenvalue weighted by molar-refractivity contribution is 0.0976. The van der Waals surface area contributed by atoms with Gasteiger partial charge in [0, 0.05) is 17.7 Å². The van der Waals surface area contributed by atoms with Gasteiger partial charge in [-0.05, 0) is 42.7 Å². The van der Waals surface area contributed by atoms with Crippen molar-refractivity contribution in [1.29, 1.82) is 0 Å². The molecule has 3 aromatic rings. The van der Waals surface area contributed by atoms with E-state index in [4.69, 9.17) is 9.26 Å². The van der Waals surface area contributed by atoms with Gasteiger partial charge in [-0.25, -0.2) is 0 Å². The minimum absolute atomic E-state index is 0.172. The molecule has 1 aliphatic rings. The Labute approximate surface area is 152 Å². The highest BCUT2D eigenvalue weighted by Crippen LogP contribution is 2.40. The molecule has 1 saturated carbocycles. The minimum atomic E-state index is -0.172. The van der Waals surface area contributed by atoms with Gasteiger partial charge < -0.3 is 14.2 Å². The highest BCUT2D eigenvalue weighted by molar-refractivity contribution is 6.04. The number of carbonyl (C=O) groups excluding carboxylic acids is 1. The lowest BCUT2D eigenvalue weighted by atomic mass is 10.1. The smallest absolute Gasteiger partial charge is 0.280 e. The molecular weight excluding hydrogens is 328 g/mol. The van der Waals surface area contributed by atoms with E-state index in [1.165, 1.54) is 0 Å². The van der Waals surface area contributed by atoms with E-state index in [1.807, 2.05) is 54.6 Å². The standard InChI is InChI=1S/C21H20N2O3/c1-25-18-11-9-17(10-12-18)23(14-15-5-3-2-4-6-15)21(24)19-13-20(26-22-19)16-7-8-16/h2-6,9-13,16H,7-8,14H2,1H3. The largest absolute Gasteiger partial charge is 0.497 e. The Bertz CT molecular complexity index is 883. The van der Waals surface area contributed by atoms with Gasteiger partial charge in [-0.1, -0.05) is 35.5 Å². The first-order chi connectivity index (χ1) is 12.7. The molecular formula is C21H20N2O3. The summed E-state index contributed by atoms with van der Waals surface area (Å²) < 4.78 is 10.6. The number of rotatable bonds is 6. The third kappa shape index (κ3) is 3.47. The third-order valence-corrected chi connectivity index (χ3v) is 4.54. The average Bonchev–Trinajstić information content (AvgIpc) is 3.43. The summed E-state index contributed by atoms with van der Waals surface area (Å²) in [6.07, 6.45) is 2.21. The number of nitrogens with zero attached hydrogens (tertiary/aromatic N) is 2. The molecule has 1 aromatic heterocycles. The molecule has 0 N–H and O–H groups in total. The molecule has 2 aromatic carbocycles. The van der Waals surface area contributed by atoms with Crippen LogP contribution in [0.5, 0.6) is 5.75 Å². The first-order valence-electron chi connectivity index (χ1n) is 8.71. The number of amides is 1. The number of carbonyl (C=O) groups is 1. The summed E-state index contributed by atoms with van der Waals surface area (Å²) in [6, 6.07) is 19.1. The Kier molecular flexibility index (Phi) is 4.44. The summed E-state index contributed by atoms with van der Waals surface area (Å²) in [5.74, 6) is 1.81. The van der Waals surface area contributed by atoms with Crippen LogP contribution in [0.3, 0.4) is 0 Å². The average molecular weight is 348 g/mol. The number of aromatic nitrogens is 1. The lowest BCUT2D eigenvalue weighted by Crippen LogP contribution is -2.30. The topological polar surface area (TPSA) is 55.6 Å². The number of methoxy groups -OCH3 is 1. The fraction of sp³-hybridized carbons (Fsp3) is 0.238. The van der Waals surface area contributed by atoms with Crippen molar-refractivity contribution in [3.05, 3.63) is 77.7 Å². The Balaban J connectivity index is 1.64. The van der Waals surface area contributed by atoms with E-state index in [0.29, 0.717) is 18.2 Å². The van der Waals surface area contributed by atoms with Crippen LogP contribution in [0.4, 0.5) is 5.69 Å². The molecule has 0 aliphatic heterocycles. The summed E-state index contributed by atoms with van der Waals surface area (Å²) in [6.45, 7) is 0.456. The summed E-state index contributed by atoms with van der Waals surface area (Å²) in [7, 11) is 1.62. The molecule has 1 amide bonds. The van der Waals surface area contributed by atoms with E-state index in [9.17, 15) is 4.79 Å². The van der Waals surface area contributed by atoms with E-state index in [-0.39, 0.29) is 5.91 Å². The number of hydrogen-bond donors (Lipinski definition) is 0. The number of ether oxygens (including phenoxy) is 1. The normalized spacial score (nSPS) is 13.4. The van der Waals surface area contributed by atoms with Gasteiger partial charge in [-0.3, -0.25) is 4.79 Å². The number of hydrogen-bond acceptors (Lipinski definition) is 4. The molecule has 5 heteroatoms. The lowest BCUT2D eigenvalue weighted by Gasteiger charge is -2.22. The van der Waals surface area contributed by atoms with Crippen molar-refractivity contribution < 1.29 is 14.1 Å². The predicted molar refractivity (Wildman–Crippen MR) is 98.4 cm³/mol. The molecule has 1 fully saturated rings. The SMILES string of the molecule is COc1ccc(N(Cc2ccccc2)C(=O)c2cc(C3CC3)on2)cc1. The quantitative estimate of drug-likeness (QED) is 0.662. The molecule has 1 heterocycles. The molecule has 1 aliphatic carbocycles. The molecule has 132 valence electrons. The second-order valence-electron chi connectivity index (χ2n) is 6.46. The Hall–Kier alpha value is -3.08. The second kappa shape index (κ2) is 7.04. The monoisotopic (exact) mass is 348 g/mol. The van der Waals surface area contributed by atoms with Gasteiger partial charge in [0.2, 0.25) is 0 Å². The van der Waals surface area contributed by atoms with E-state index in [0.717, 1.165) is 35.6 Å². The Morgan fingerprint density at radius 2 is 1.88 bits per heavy atom. The van der Waals surface area contributed by atoms with Gasteiger partial charge in [0.1, 0.15) is 11.5 Å². The zero-order valence-corrected chi connectivity index (χ0v) is 14.6. The molecule has 0 unspecified atom stereocenters. The fourth-order valence-electron chi connectivity index (χ4n) is 2.90. The zero-order valence-electron chi connectivity index (χ0n) is 14.6. The van der Waals surface area contributed by atoms with Crippen LogP contribution in [0.2, 0.25) is 0 Å². The van der Waals surface area contributed by atoms with Crippen molar-refractivity contribution in [2.45, 2.75) is 25.3 Å². The molecule has 0 spiro atoms. The van der Waals surface area contributed by atoms with Crippen LogP contribution < -0.4 is 9.64 Å². The maximum atomic E-state index is 13.1. The van der Waals surface area contributed by atoms with Gasteiger partial charge in [0.25, 0.3) is 5.91 Å². The van der Waals surface area contributed by atoms with Crippen molar-refractivity contribution in [2.75, 3.05) is 12.0 Å². The summed E-state index contributed by atoms with van der Waals surface area (Å²) in [5.41, 5.74) is 2.18. The van der Waals surface area contributed by atoms with Crippen molar-refractivity contribution in [3.63, 3.8) is 0 Å². The van der Waals surface area contributed by atoms with Crippen molar-refractivity contribution in [2.24, 2.45) is 0 Å². The maximum Gasteiger partial charge on any atom is 0.280 e. The van der Waals surface area contributed by atoms with Gasteiger partial charge >= 0.3 is 0 Å². The molecule has 0 saturated heterocycles. The van der Waals surface area contributed by atoms with Crippen molar-refractivity contribution >= 4 is 11.6 Å². The molecule has 0 atom stereocenters. The Morgan fingerprint density at radius 3 is 2.54 bits per heavy atom. The fourth-order valence-corrected chi connectivity index (χ4v) is 2.90. The number of benzene rings is 2. The molecule has 0 bridgehead atoms. The van der Waals surface area contributed by atoms with E-state index in [2.05, 4.69) is 5.16 Å². The highest BCUT2D eigenvalue weighted by Gasteiger charge is 2.30. The van der Waals surface area contributed by atoms with Gasteiger partial charge in [0.05, 0.1) is 13.7 Å². The first-order valence-corrected chi connectivity index (χ1v) is 8.71. The molecule has 0 radical (unpaired) electrons. The van der Waals surface area contributed by atoms with Crippen LogP contribution in [-0.2, 0) is 6.54 Å². The van der Waals surface area contributed by atoms with Crippen LogP contribution in [-0.4, -0.2) is 18.2 Å². The Morgan fingerprint density at radius 1 is 1.15 bits per heavy atom. The third-order valence-electron chi connectivity index (χ3n) is 4.54. The van der Waals surface area contributed by atoms with E-state index >= 15 is 0 Å². The first kappa shape index (κ1) is 16.4. The number of anilines is 1. The van der Waals surface area contributed by atoms with Crippen LogP contribution >= 0.6 is 0 Å². The van der Waals surface area contributed by atoms with E-state index in [1.54, 1.807) is 18.1 Å². The van der Waals surface area contributed by atoms with Crippen LogP contribution in [0.1, 0.15) is 40.6 Å². The molecule has 5 nitrogen and oxygen atoms in total. The van der Waals surface area contributed by atoms with Crippen molar-refractivity contribution in [3.8, 4) is 5.75 Å². The summed E-state index contributed by atoms with van der Waals surface area (Å²) in [5, 5.41) is 4.01. The van der Waals surface area contributed by atoms with Crippen LogP contribution in [0.15, 0.2) is 65.2 Å². The van der Waals surface area contributed by atoms with Crippen LogP contribution in [0.25, 0.3) is 0 Å². The maximum absolute atomic E-state index is 13.1. The van der Waals surface area contributed by atoms with Gasteiger partial charge in [-0.2, -0.15) is 0 Å². The molecule has 26 heavy (non-hydrogen) atoms. The summed E-state index contributed by atoms with van der Waals surface area (Å²) >= 11 is 0. The van der Waals surface area contributed by atoms with E-state index < -0.39 is 0 Å². The molecule has 4 rings (SSSR count). The second-order valence-corrected chi connectivity index (χ2v) is 6.46. The summed E-state index contributed by atoms with van der Waals surface area (Å²) in [4.78, 5) is 14.8. The highest BCUT2D eigenvalue weighted by atomic mass is 16.5. The van der Waals surface area contributed by atoms with Crippen LogP contribution in [0, 0.1) is 0 Å². The predicted octanol–water partition coefficient (Wildman–Crippen LogP) is 4.41. The van der Waals surface area contributed by atoms with Gasteiger partial charge in [-0.15, -0.1) is 0 Å².